The van der Waals surface area contributed by atoms with E-state index in [-0.39, 0.29) is 30.7 Å². The molecule has 13 heteroatoms. The van der Waals surface area contributed by atoms with Crippen molar-refractivity contribution in [1.82, 2.24) is 14.9 Å². The molecule has 1 aromatic heterocycles. The van der Waals surface area contributed by atoms with Gasteiger partial charge in [0.1, 0.15) is 24.7 Å². The maximum atomic E-state index is 12.1. The first-order valence-corrected chi connectivity index (χ1v) is 8.33. The molecule has 1 amide bonds. The van der Waals surface area contributed by atoms with Crippen LogP contribution in [0.5, 0.6) is 11.8 Å². The van der Waals surface area contributed by atoms with E-state index in [2.05, 4.69) is 15.0 Å². The van der Waals surface area contributed by atoms with Crippen molar-refractivity contribution in [3.63, 3.8) is 0 Å². The molecule has 10 nitrogen and oxygen atoms in total. The summed E-state index contributed by atoms with van der Waals surface area (Å²) < 4.78 is 52.1. The highest BCUT2D eigenvalue weighted by atomic mass is 19.4. The van der Waals surface area contributed by atoms with Crippen LogP contribution in [-0.2, 0) is 17.8 Å². The summed E-state index contributed by atoms with van der Waals surface area (Å²) in [5.74, 6) is -0.692. The average Bonchev–Trinajstić information content (AvgIpc) is 3.08. The summed E-state index contributed by atoms with van der Waals surface area (Å²) in [6.07, 6.45) is -4.29. The van der Waals surface area contributed by atoms with Crippen molar-refractivity contribution in [2.45, 2.75) is 32.0 Å². The number of alkyl halides is 3. The first-order chi connectivity index (χ1) is 13.7. The SMILES string of the molecule is O=C(NCc1ccc(OC(F)(F)F)cc1)OCC1CCn2cc([N+](=O)[O-])nc2O1. The Kier molecular flexibility index (Phi) is 5.75. The molecule has 0 spiro atoms. The molecular weight excluding hydrogens is 401 g/mol. The Morgan fingerprint density at radius 3 is 2.76 bits per heavy atom. The second-order valence-corrected chi connectivity index (χ2v) is 6.00. The van der Waals surface area contributed by atoms with Crippen LogP contribution in [0.3, 0.4) is 0 Å². The lowest BCUT2D eigenvalue weighted by Crippen LogP contribution is -2.33. The highest BCUT2D eigenvalue weighted by Crippen LogP contribution is 2.24. The van der Waals surface area contributed by atoms with Gasteiger partial charge in [0.2, 0.25) is 0 Å². The molecule has 0 saturated carbocycles. The zero-order chi connectivity index (χ0) is 21.0. The zero-order valence-electron chi connectivity index (χ0n) is 14.7. The second-order valence-electron chi connectivity index (χ2n) is 6.00. The number of fused-ring (bicyclic) bond motifs is 1. The summed E-state index contributed by atoms with van der Waals surface area (Å²) in [5, 5.41) is 13.2. The molecule has 3 rings (SSSR count). The van der Waals surface area contributed by atoms with Crippen LogP contribution in [0.15, 0.2) is 30.5 Å². The molecular formula is C16H15F3N4O6. The molecule has 1 unspecified atom stereocenters. The monoisotopic (exact) mass is 416 g/mol. The number of carbonyl (C=O) groups is 1. The van der Waals surface area contributed by atoms with Crippen LogP contribution in [0.25, 0.3) is 0 Å². The molecule has 2 heterocycles. The number of aromatic nitrogens is 2. The van der Waals surface area contributed by atoms with Crippen LogP contribution < -0.4 is 14.8 Å². The lowest BCUT2D eigenvalue weighted by Gasteiger charge is -2.21. The van der Waals surface area contributed by atoms with Gasteiger partial charge in [0, 0.05) is 24.5 Å². The zero-order valence-corrected chi connectivity index (χ0v) is 14.7. The standard InChI is InChI=1S/C16H15F3N4O6/c17-16(18,19)29-11-3-1-10(2-4-11)7-20-15(24)27-9-12-5-6-22-8-13(23(25)26)21-14(22)28-12/h1-4,8,12H,5-7,9H2,(H,20,24). The Hall–Kier alpha value is -3.51. The van der Waals surface area contributed by atoms with Crippen LogP contribution in [0.4, 0.5) is 23.8 Å². The molecule has 0 fully saturated rings. The van der Waals surface area contributed by atoms with E-state index in [1.54, 1.807) is 0 Å². The minimum absolute atomic E-state index is 0.0350. The first-order valence-electron chi connectivity index (χ1n) is 8.33. The number of hydrogen-bond donors (Lipinski definition) is 1. The number of nitrogens with zero attached hydrogens (tertiary/aromatic N) is 3. The maximum Gasteiger partial charge on any atom is 0.573 e. The predicted molar refractivity (Wildman–Crippen MR) is 89.2 cm³/mol. The van der Waals surface area contributed by atoms with Gasteiger partial charge in [-0.1, -0.05) is 12.1 Å². The number of ether oxygens (including phenoxy) is 3. The Labute approximate surface area is 161 Å². The fourth-order valence-electron chi connectivity index (χ4n) is 2.54. The molecule has 2 aromatic rings. The van der Waals surface area contributed by atoms with Gasteiger partial charge in [-0.3, -0.25) is 4.57 Å². The molecule has 0 bridgehead atoms. The lowest BCUT2D eigenvalue weighted by atomic mass is 10.2. The quantitative estimate of drug-likeness (QED) is 0.568. The van der Waals surface area contributed by atoms with Crippen LogP contribution in [-0.4, -0.2) is 39.6 Å². The Morgan fingerprint density at radius 1 is 1.38 bits per heavy atom. The number of carbonyl (C=O) groups excluding carboxylic acids is 1. The van der Waals surface area contributed by atoms with Crippen molar-refractivity contribution < 1.29 is 37.1 Å². The lowest BCUT2D eigenvalue weighted by molar-refractivity contribution is -0.389. The van der Waals surface area contributed by atoms with Gasteiger partial charge in [0.15, 0.2) is 0 Å². The fraction of sp³-hybridized carbons (Fsp3) is 0.375. The minimum atomic E-state index is -4.77. The third kappa shape index (κ3) is 5.73. The molecule has 1 N–H and O–H groups in total. The van der Waals surface area contributed by atoms with Gasteiger partial charge >= 0.3 is 24.3 Å². The number of halogens is 3. The van der Waals surface area contributed by atoms with Crippen molar-refractivity contribution >= 4 is 11.9 Å². The number of aryl methyl sites for hydroxylation is 1. The Bertz CT molecular complexity index is 884. The summed E-state index contributed by atoms with van der Waals surface area (Å²) >= 11 is 0. The highest BCUT2D eigenvalue weighted by Gasteiger charge is 2.31. The van der Waals surface area contributed by atoms with E-state index in [0.717, 1.165) is 12.1 Å². The topological polar surface area (TPSA) is 118 Å². The predicted octanol–water partition coefficient (Wildman–Crippen LogP) is 2.77. The van der Waals surface area contributed by atoms with Crippen molar-refractivity contribution in [1.29, 1.82) is 0 Å². The summed E-state index contributed by atoms with van der Waals surface area (Å²) in [6, 6.07) is 5.09. The normalized spacial score (nSPS) is 15.8. The molecule has 1 atom stereocenters. The van der Waals surface area contributed by atoms with Crippen LogP contribution in [0.1, 0.15) is 12.0 Å². The highest BCUT2D eigenvalue weighted by molar-refractivity contribution is 5.67. The summed E-state index contributed by atoms with van der Waals surface area (Å²) in [5.41, 5.74) is 0.541. The number of rotatable bonds is 6. The molecule has 0 aliphatic carbocycles. The van der Waals surface area contributed by atoms with E-state index in [1.807, 2.05) is 0 Å². The number of hydrogen-bond acceptors (Lipinski definition) is 7. The first kappa shape index (κ1) is 20.2. The van der Waals surface area contributed by atoms with Crippen LogP contribution >= 0.6 is 0 Å². The number of nitro groups is 1. The van der Waals surface area contributed by atoms with Crippen molar-refractivity contribution in [2.24, 2.45) is 0 Å². The Morgan fingerprint density at radius 2 is 2.10 bits per heavy atom. The smallest absolute Gasteiger partial charge is 0.446 e. The third-order valence-corrected chi connectivity index (χ3v) is 3.87. The molecule has 0 radical (unpaired) electrons. The molecule has 1 aliphatic rings. The van der Waals surface area contributed by atoms with Crippen LogP contribution in [0, 0.1) is 10.1 Å². The molecule has 29 heavy (non-hydrogen) atoms. The van der Waals surface area contributed by atoms with Crippen LogP contribution in [0.2, 0.25) is 0 Å². The van der Waals surface area contributed by atoms with E-state index < -0.39 is 23.5 Å². The fourth-order valence-corrected chi connectivity index (χ4v) is 2.54. The van der Waals surface area contributed by atoms with E-state index in [1.165, 1.54) is 22.9 Å². The van der Waals surface area contributed by atoms with Gasteiger partial charge in [-0.2, -0.15) is 0 Å². The third-order valence-electron chi connectivity index (χ3n) is 3.87. The number of nitrogens with one attached hydrogen (secondary N) is 1. The van der Waals surface area contributed by atoms with Gasteiger partial charge in [0.05, 0.1) is 0 Å². The number of imidazole rings is 1. The molecule has 1 aliphatic heterocycles. The Balaban J connectivity index is 1.41. The van der Waals surface area contributed by atoms with Gasteiger partial charge in [-0.25, -0.2) is 4.79 Å². The summed E-state index contributed by atoms with van der Waals surface area (Å²) in [6.45, 7) is 0.371. The maximum absolute atomic E-state index is 12.1. The van der Waals surface area contributed by atoms with Crippen molar-refractivity contribution in [3.05, 3.63) is 46.1 Å². The van der Waals surface area contributed by atoms with E-state index >= 15 is 0 Å². The van der Waals surface area contributed by atoms with Crippen molar-refractivity contribution in [2.75, 3.05) is 6.61 Å². The second kappa shape index (κ2) is 8.24. The largest absolute Gasteiger partial charge is 0.573 e. The molecule has 0 saturated heterocycles. The van der Waals surface area contributed by atoms with Gasteiger partial charge in [-0.05, 0) is 22.6 Å². The molecule has 156 valence electrons. The number of amides is 1. The van der Waals surface area contributed by atoms with Gasteiger partial charge < -0.3 is 29.6 Å². The van der Waals surface area contributed by atoms with E-state index in [9.17, 15) is 28.1 Å². The van der Waals surface area contributed by atoms with E-state index in [4.69, 9.17) is 9.47 Å². The van der Waals surface area contributed by atoms with Crippen molar-refractivity contribution in [3.8, 4) is 11.8 Å². The average molecular weight is 416 g/mol. The molecule has 1 aromatic carbocycles. The minimum Gasteiger partial charge on any atom is -0.446 e. The van der Waals surface area contributed by atoms with Gasteiger partial charge in [0.25, 0.3) is 0 Å². The number of alkyl carbamates (subject to hydrolysis) is 1. The summed E-state index contributed by atoms with van der Waals surface area (Å²) in [7, 11) is 0. The van der Waals surface area contributed by atoms with Gasteiger partial charge in [-0.15, -0.1) is 13.2 Å². The van der Waals surface area contributed by atoms with E-state index in [0.29, 0.717) is 18.5 Å². The number of benzene rings is 1. The summed E-state index contributed by atoms with van der Waals surface area (Å²) in [4.78, 5) is 25.6.